The van der Waals surface area contributed by atoms with Gasteiger partial charge in [-0.3, -0.25) is 14.3 Å². The van der Waals surface area contributed by atoms with Crippen LogP contribution in [0.15, 0.2) is 21.9 Å². The van der Waals surface area contributed by atoms with Crippen LogP contribution >= 0.6 is 0 Å². The van der Waals surface area contributed by atoms with E-state index in [2.05, 4.69) is 59.6 Å². The highest BCUT2D eigenvalue weighted by Crippen LogP contribution is 2.59. The third-order valence-electron chi connectivity index (χ3n) is 8.07. The van der Waals surface area contributed by atoms with Crippen LogP contribution in [0.5, 0.6) is 0 Å². The molecule has 33 heavy (non-hydrogen) atoms. The summed E-state index contributed by atoms with van der Waals surface area (Å²) in [6.07, 6.45) is -0.997. The Bertz CT molecular complexity index is 1010. The molecule has 1 unspecified atom stereocenters. The van der Waals surface area contributed by atoms with Gasteiger partial charge in [0.2, 0.25) is 0 Å². The molecule has 1 aromatic rings. The van der Waals surface area contributed by atoms with Crippen LogP contribution in [-0.2, 0) is 13.6 Å². The van der Waals surface area contributed by atoms with Gasteiger partial charge in [0, 0.05) is 12.3 Å². The Balaban J connectivity index is 2.26. The Morgan fingerprint density at radius 1 is 1.09 bits per heavy atom. The molecule has 8 nitrogen and oxygen atoms in total. The molecule has 3 rings (SSSR count). The molecule has 3 heterocycles. The number of H-pyrrole nitrogens is 1. The van der Waals surface area contributed by atoms with Gasteiger partial charge in [0.15, 0.2) is 24.3 Å². The van der Waals surface area contributed by atoms with Gasteiger partial charge in [-0.25, -0.2) is 4.79 Å². The summed E-state index contributed by atoms with van der Waals surface area (Å²) in [6.45, 7) is 22.9. The Labute approximate surface area is 200 Å². The molecule has 10 heteroatoms. The lowest BCUT2D eigenvalue weighted by Gasteiger charge is -2.50. The van der Waals surface area contributed by atoms with E-state index in [1.54, 1.807) is 0 Å². The van der Waals surface area contributed by atoms with Crippen LogP contribution in [0, 0.1) is 10.8 Å². The summed E-state index contributed by atoms with van der Waals surface area (Å²) in [5.74, 6) is 0. The number of hydrogen-bond donors (Lipinski definition) is 2. The van der Waals surface area contributed by atoms with Gasteiger partial charge >= 0.3 is 5.69 Å². The highest BCUT2D eigenvalue weighted by molar-refractivity contribution is 6.74. The van der Waals surface area contributed by atoms with E-state index in [1.165, 1.54) is 16.8 Å². The van der Waals surface area contributed by atoms with Gasteiger partial charge in [0.05, 0.1) is 0 Å². The second kappa shape index (κ2) is 7.73. The van der Waals surface area contributed by atoms with Crippen molar-refractivity contribution >= 4 is 18.1 Å². The van der Waals surface area contributed by atoms with Crippen molar-refractivity contribution in [2.24, 2.45) is 10.8 Å². The lowest BCUT2D eigenvalue weighted by molar-refractivity contribution is -0.172. The van der Waals surface area contributed by atoms with Crippen LogP contribution in [0.3, 0.4) is 0 Å². The molecule has 2 aliphatic heterocycles. The predicted octanol–water partition coefficient (Wildman–Crippen LogP) is 2.46. The first-order chi connectivity index (χ1) is 14.7. The Morgan fingerprint density at radius 3 is 2.03 bits per heavy atom. The molecular formula is C23H42N2O6Si2. The van der Waals surface area contributed by atoms with E-state index in [1.807, 2.05) is 20.8 Å². The van der Waals surface area contributed by atoms with Gasteiger partial charge < -0.3 is 18.7 Å². The summed E-state index contributed by atoms with van der Waals surface area (Å²) >= 11 is 0. The molecule has 2 fully saturated rings. The van der Waals surface area contributed by atoms with Crippen molar-refractivity contribution in [3.63, 3.8) is 0 Å². The Morgan fingerprint density at radius 2 is 1.64 bits per heavy atom. The summed E-state index contributed by atoms with van der Waals surface area (Å²) in [5, 5.41) is 11.9. The largest absolute Gasteiger partial charge is 0.413 e. The van der Waals surface area contributed by atoms with Crippen LogP contribution < -0.4 is 11.2 Å². The van der Waals surface area contributed by atoms with Crippen molar-refractivity contribution < 1.29 is 18.7 Å². The number of rotatable bonds is 4. The molecule has 0 aliphatic carbocycles. The third kappa shape index (κ3) is 4.16. The van der Waals surface area contributed by atoms with Crippen molar-refractivity contribution in [3.8, 4) is 0 Å². The zero-order valence-electron chi connectivity index (χ0n) is 22.0. The first-order valence-corrected chi connectivity index (χ1v) is 15.9. The molecule has 0 radical (unpaired) electrons. The molecule has 1 aromatic heterocycles. The third-order valence-corrected chi connectivity index (χ3v) is 14.9. The van der Waals surface area contributed by atoms with Crippen LogP contribution in [0.4, 0.5) is 0 Å². The van der Waals surface area contributed by atoms with Crippen LogP contribution in [0.2, 0.25) is 18.1 Å². The summed E-state index contributed by atoms with van der Waals surface area (Å²) in [4.78, 5) is 26.9. The number of nitrogens with one attached hydrogen (secondary N) is 1. The number of aromatic amines is 1. The van der Waals surface area contributed by atoms with Crippen molar-refractivity contribution in [2.45, 2.75) is 110 Å². The van der Waals surface area contributed by atoms with Gasteiger partial charge in [0.1, 0.15) is 23.0 Å². The van der Waals surface area contributed by atoms with Crippen LogP contribution in [-0.4, -0.2) is 55.8 Å². The van der Waals surface area contributed by atoms with Crippen LogP contribution in [0.1, 0.15) is 68.5 Å². The van der Waals surface area contributed by atoms with Gasteiger partial charge in [0.25, 0.3) is 5.56 Å². The normalized spacial score (nSPS) is 34.1. The average Bonchev–Trinajstić information content (AvgIpc) is 3.36. The smallest absolute Gasteiger partial charge is 0.330 e. The molecule has 0 saturated carbocycles. The number of hydrogen-bond acceptors (Lipinski definition) is 6. The maximum absolute atomic E-state index is 12.8. The predicted molar refractivity (Wildman–Crippen MR) is 134 cm³/mol. The van der Waals surface area contributed by atoms with E-state index < -0.39 is 64.0 Å². The Kier molecular flexibility index (Phi) is 6.22. The van der Waals surface area contributed by atoms with Gasteiger partial charge in [-0.1, -0.05) is 62.3 Å². The number of ether oxygens (including phenoxy) is 1. The van der Waals surface area contributed by atoms with Crippen molar-refractivity contribution in [1.82, 2.24) is 9.55 Å². The topological polar surface area (TPSA) is 106 Å². The maximum Gasteiger partial charge on any atom is 0.330 e. The molecule has 0 aromatic carbocycles. The first kappa shape index (κ1) is 26.6. The van der Waals surface area contributed by atoms with E-state index in [9.17, 15) is 14.7 Å². The minimum Gasteiger partial charge on any atom is -0.413 e. The van der Waals surface area contributed by atoms with Crippen LogP contribution in [0.25, 0.3) is 0 Å². The van der Waals surface area contributed by atoms with E-state index in [0.717, 1.165) is 0 Å². The first-order valence-electron chi connectivity index (χ1n) is 11.7. The molecule has 2 saturated heterocycles. The standard InChI is InChI=1S/C23H42N2O6Si2/c1-19(2,3)22(28)15(30-33(10,11)21(7,8)9)16(25-13-12-14(26)24-18(25)27)29-17(22)23(31-32-23)20(4,5)6/h12-13,15-17,28H,32H2,1-11H3,(H,24,26,27)/t15-,16+,17-,22-,23?/m0/s1. The Hall–Kier alpha value is -1.05. The second-order valence-corrected chi connectivity index (χ2v) is 19.6. The maximum atomic E-state index is 12.8. The van der Waals surface area contributed by atoms with Crippen molar-refractivity contribution in [3.05, 3.63) is 33.1 Å². The molecule has 2 aliphatic rings. The lowest BCUT2D eigenvalue weighted by Crippen LogP contribution is -2.65. The SMILES string of the molecule is CC(C)(C)C1([C@H]2O[C@@H](n3ccc(=O)[nH]c3=O)[C@H](O[Si](C)(C)C(C)(C)C)[C@@]2(O)C(C)(C)C)O[SiH2]1. The van der Waals surface area contributed by atoms with E-state index >= 15 is 0 Å². The highest BCUT2D eigenvalue weighted by atomic mass is 28.4. The average molecular weight is 499 g/mol. The highest BCUT2D eigenvalue weighted by Gasteiger charge is 2.75. The molecule has 0 amide bonds. The minimum absolute atomic E-state index is 0.128. The van der Waals surface area contributed by atoms with E-state index in [0.29, 0.717) is 0 Å². The molecule has 0 spiro atoms. The summed E-state index contributed by atoms with van der Waals surface area (Å²) in [5.41, 5.74) is -3.44. The molecule has 2 N–H and O–H groups in total. The molecular weight excluding hydrogens is 456 g/mol. The van der Waals surface area contributed by atoms with Crippen molar-refractivity contribution in [2.75, 3.05) is 0 Å². The number of aromatic nitrogens is 2. The fraction of sp³-hybridized carbons (Fsp3) is 0.826. The van der Waals surface area contributed by atoms with Gasteiger partial charge in [-0.05, 0) is 29.0 Å². The summed E-state index contributed by atoms with van der Waals surface area (Å²) in [6, 6.07) is 1.29. The molecule has 0 bridgehead atoms. The van der Waals surface area contributed by atoms with Crippen molar-refractivity contribution in [1.29, 1.82) is 0 Å². The minimum atomic E-state index is -2.41. The zero-order valence-corrected chi connectivity index (χ0v) is 24.4. The lowest BCUT2D eigenvalue weighted by atomic mass is 9.66. The quantitative estimate of drug-likeness (QED) is 0.488. The van der Waals surface area contributed by atoms with Gasteiger partial charge in [-0.15, -0.1) is 0 Å². The fourth-order valence-corrected chi connectivity index (χ4v) is 7.52. The zero-order chi connectivity index (χ0) is 25.4. The van der Waals surface area contributed by atoms with Gasteiger partial charge in [-0.2, -0.15) is 0 Å². The van der Waals surface area contributed by atoms with E-state index in [-0.39, 0.29) is 10.5 Å². The summed E-state index contributed by atoms with van der Waals surface area (Å²) in [7, 11) is -3.38. The van der Waals surface area contributed by atoms with E-state index in [4.69, 9.17) is 13.6 Å². The number of nitrogens with zero attached hydrogens (tertiary/aromatic N) is 1. The monoisotopic (exact) mass is 498 g/mol. The number of aliphatic hydroxyl groups is 1. The molecule has 5 atom stereocenters. The molecule has 188 valence electrons. The summed E-state index contributed by atoms with van der Waals surface area (Å²) < 4.78 is 21.1. The second-order valence-electron chi connectivity index (χ2n) is 13.2. The fourth-order valence-electron chi connectivity index (χ4n) is 4.50.